The third-order valence-electron chi connectivity index (χ3n) is 1.84. The molecule has 1 aromatic carbocycles. The van der Waals surface area contributed by atoms with Gasteiger partial charge in [-0.2, -0.15) is 13.2 Å². The summed E-state index contributed by atoms with van der Waals surface area (Å²) in [4.78, 5) is 1.79. The number of nitrogens with two attached hydrogens (primary N) is 1. The van der Waals surface area contributed by atoms with Crippen molar-refractivity contribution in [3.05, 3.63) is 29.3 Å². The number of anilines is 1. The summed E-state index contributed by atoms with van der Waals surface area (Å²) in [5.41, 5.74) is 5.42. The van der Waals surface area contributed by atoms with E-state index in [0.29, 0.717) is 12.1 Å². The average molecular weight is 255 g/mol. The van der Waals surface area contributed by atoms with Crippen molar-refractivity contribution in [2.24, 2.45) is 0 Å². The monoisotopic (exact) mass is 254 g/mol. The van der Waals surface area contributed by atoms with Crippen LogP contribution in [0.4, 0.5) is 18.9 Å². The summed E-state index contributed by atoms with van der Waals surface area (Å²) in [5, 5.41) is 0. The fourth-order valence-corrected chi connectivity index (χ4v) is 1.34. The maximum absolute atomic E-state index is 12.4. The minimum atomic E-state index is -4.34. The molecule has 6 heteroatoms. The molecular formula is C10H14ClF3N2. The van der Waals surface area contributed by atoms with Crippen molar-refractivity contribution in [3.63, 3.8) is 0 Å². The van der Waals surface area contributed by atoms with Crippen LogP contribution in [0.15, 0.2) is 18.2 Å². The summed E-state index contributed by atoms with van der Waals surface area (Å²) in [6.07, 6.45) is -4.34. The smallest absolute Gasteiger partial charge is 0.399 e. The van der Waals surface area contributed by atoms with E-state index >= 15 is 0 Å². The van der Waals surface area contributed by atoms with Gasteiger partial charge in [0.2, 0.25) is 0 Å². The molecule has 0 aliphatic heterocycles. The van der Waals surface area contributed by atoms with Crippen LogP contribution in [0.25, 0.3) is 0 Å². The Morgan fingerprint density at radius 3 is 2.19 bits per heavy atom. The topological polar surface area (TPSA) is 29.3 Å². The molecule has 0 saturated heterocycles. The van der Waals surface area contributed by atoms with E-state index in [1.807, 2.05) is 0 Å². The zero-order chi connectivity index (χ0) is 11.6. The first-order chi connectivity index (χ1) is 6.79. The molecule has 0 fully saturated rings. The molecule has 0 aliphatic rings. The fraction of sp³-hybridized carbons (Fsp3) is 0.400. The Labute approximate surface area is 98.6 Å². The number of rotatable bonds is 2. The van der Waals surface area contributed by atoms with E-state index in [9.17, 15) is 13.2 Å². The highest BCUT2D eigenvalue weighted by molar-refractivity contribution is 5.85. The predicted octanol–water partition coefficient (Wildman–Crippen LogP) is 2.77. The normalized spacial score (nSPS) is 11.4. The Morgan fingerprint density at radius 2 is 1.75 bits per heavy atom. The molecule has 92 valence electrons. The van der Waals surface area contributed by atoms with Gasteiger partial charge in [-0.15, -0.1) is 12.4 Å². The molecule has 0 saturated carbocycles. The second kappa shape index (κ2) is 5.41. The lowest BCUT2D eigenvalue weighted by Gasteiger charge is -2.13. The zero-order valence-electron chi connectivity index (χ0n) is 9.01. The minimum absolute atomic E-state index is 0. The number of hydrogen-bond donors (Lipinski definition) is 1. The molecule has 0 unspecified atom stereocenters. The van der Waals surface area contributed by atoms with Crippen LogP contribution in [0, 0.1) is 0 Å². The summed E-state index contributed by atoms with van der Waals surface area (Å²) < 4.78 is 37.2. The number of nitrogens with zero attached hydrogens (tertiary/aromatic N) is 1. The van der Waals surface area contributed by atoms with Crippen LogP contribution < -0.4 is 5.73 Å². The number of halogens is 4. The highest BCUT2D eigenvalue weighted by atomic mass is 35.5. The van der Waals surface area contributed by atoms with Crippen LogP contribution in [0.2, 0.25) is 0 Å². The molecule has 0 spiro atoms. The van der Waals surface area contributed by atoms with E-state index in [1.54, 1.807) is 25.1 Å². The van der Waals surface area contributed by atoms with Crippen molar-refractivity contribution in [1.82, 2.24) is 4.90 Å². The fourth-order valence-electron chi connectivity index (χ4n) is 1.34. The summed E-state index contributed by atoms with van der Waals surface area (Å²) in [5.74, 6) is 0. The van der Waals surface area contributed by atoms with E-state index in [4.69, 9.17) is 5.73 Å². The first-order valence-electron chi connectivity index (χ1n) is 4.40. The van der Waals surface area contributed by atoms with Gasteiger partial charge in [0.1, 0.15) is 0 Å². The van der Waals surface area contributed by atoms with E-state index in [0.717, 1.165) is 12.1 Å². The van der Waals surface area contributed by atoms with Crippen molar-refractivity contribution in [2.45, 2.75) is 12.7 Å². The lowest BCUT2D eigenvalue weighted by molar-refractivity contribution is -0.137. The lowest BCUT2D eigenvalue weighted by atomic mass is 10.1. The van der Waals surface area contributed by atoms with Gasteiger partial charge in [0, 0.05) is 12.2 Å². The molecule has 0 aromatic heterocycles. The molecule has 0 radical (unpaired) electrons. The Kier molecular flexibility index (Phi) is 5.09. The van der Waals surface area contributed by atoms with Gasteiger partial charge < -0.3 is 10.6 Å². The van der Waals surface area contributed by atoms with E-state index < -0.39 is 11.7 Å². The second-order valence-corrected chi connectivity index (χ2v) is 3.70. The third kappa shape index (κ3) is 4.28. The van der Waals surface area contributed by atoms with Crippen molar-refractivity contribution in [2.75, 3.05) is 19.8 Å². The van der Waals surface area contributed by atoms with Crippen LogP contribution >= 0.6 is 12.4 Å². The Hall–Kier alpha value is -0.940. The quantitative estimate of drug-likeness (QED) is 0.823. The highest BCUT2D eigenvalue weighted by Gasteiger charge is 2.30. The summed E-state index contributed by atoms with van der Waals surface area (Å²) in [6.45, 7) is 0.439. The molecular weight excluding hydrogens is 241 g/mol. The van der Waals surface area contributed by atoms with Gasteiger partial charge in [-0.3, -0.25) is 0 Å². The minimum Gasteiger partial charge on any atom is -0.399 e. The second-order valence-electron chi connectivity index (χ2n) is 3.70. The molecule has 16 heavy (non-hydrogen) atoms. The highest BCUT2D eigenvalue weighted by Crippen LogP contribution is 2.31. The number of benzene rings is 1. The Bertz CT molecular complexity index is 350. The summed E-state index contributed by atoms with van der Waals surface area (Å²) in [6, 6.07) is 3.62. The largest absolute Gasteiger partial charge is 0.416 e. The standard InChI is InChI=1S/C10H13F3N2.ClH/c1-15(2)6-7-3-8(10(11,12)13)5-9(14)4-7;/h3-5H,6,14H2,1-2H3;1H. The number of hydrogen-bond acceptors (Lipinski definition) is 2. The first-order valence-corrected chi connectivity index (χ1v) is 4.40. The van der Waals surface area contributed by atoms with Crippen molar-refractivity contribution >= 4 is 18.1 Å². The summed E-state index contributed by atoms with van der Waals surface area (Å²) in [7, 11) is 3.58. The van der Waals surface area contributed by atoms with Gasteiger partial charge in [0.15, 0.2) is 0 Å². The maximum Gasteiger partial charge on any atom is 0.416 e. The molecule has 0 bridgehead atoms. The Balaban J connectivity index is 0.00000225. The van der Waals surface area contributed by atoms with E-state index in [-0.39, 0.29) is 18.1 Å². The van der Waals surface area contributed by atoms with Gasteiger partial charge in [-0.25, -0.2) is 0 Å². The van der Waals surface area contributed by atoms with Gasteiger partial charge in [-0.1, -0.05) is 0 Å². The molecule has 1 aromatic rings. The van der Waals surface area contributed by atoms with Gasteiger partial charge >= 0.3 is 6.18 Å². The molecule has 0 amide bonds. The number of alkyl halides is 3. The predicted molar refractivity (Wildman–Crippen MR) is 60.5 cm³/mol. The van der Waals surface area contributed by atoms with Crippen molar-refractivity contribution < 1.29 is 13.2 Å². The number of nitrogen functional groups attached to an aromatic ring is 1. The molecule has 0 heterocycles. The Morgan fingerprint density at radius 1 is 1.19 bits per heavy atom. The van der Waals surface area contributed by atoms with Gasteiger partial charge in [0.25, 0.3) is 0 Å². The van der Waals surface area contributed by atoms with Crippen LogP contribution in [0.5, 0.6) is 0 Å². The summed E-state index contributed by atoms with van der Waals surface area (Å²) >= 11 is 0. The van der Waals surface area contributed by atoms with Gasteiger partial charge in [-0.05, 0) is 37.9 Å². The van der Waals surface area contributed by atoms with Crippen molar-refractivity contribution in [3.8, 4) is 0 Å². The third-order valence-corrected chi connectivity index (χ3v) is 1.84. The molecule has 0 aliphatic carbocycles. The zero-order valence-corrected chi connectivity index (χ0v) is 9.82. The first kappa shape index (κ1) is 15.1. The molecule has 1 rings (SSSR count). The van der Waals surface area contributed by atoms with Crippen LogP contribution in [0.1, 0.15) is 11.1 Å². The SMILES string of the molecule is CN(C)Cc1cc(N)cc(C(F)(F)F)c1.Cl. The lowest BCUT2D eigenvalue weighted by Crippen LogP contribution is -2.13. The molecule has 2 N–H and O–H groups in total. The van der Waals surface area contributed by atoms with E-state index in [2.05, 4.69) is 0 Å². The van der Waals surface area contributed by atoms with Crippen molar-refractivity contribution in [1.29, 1.82) is 0 Å². The van der Waals surface area contributed by atoms with Crippen LogP contribution in [-0.2, 0) is 12.7 Å². The van der Waals surface area contributed by atoms with Crippen LogP contribution in [0.3, 0.4) is 0 Å². The molecule has 0 atom stereocenters. The van der Waals surface area contributed by atoms with E-state index in [1.165, 1.54) is 0 Å². The molecule has 2 nitrogen and oxygen atoms in total. The average Bonchev–Trinajstić information content (AvgIpc) is 1.99. The van der Waals surface area contributed by atoms with Gasteiger partial charge in [0.05, 0.1) is 5.56 Å². The maximum atomic E-state index is 12.4. The van der Waals surface area contributed by atoms with Crippen LogP contribution in [-0.4, -0.2) is 19.0 Å².